The number of pyridine rings is 1. The standard InChI is InChI=1S/C29H29F7N4O/c1-17-11-23(30)6-7-24(17)26-25(38-16-19-5-4-9-37-15-19)8-10-40(26)27(41)39(3)18(2)20-12-21(28(31,32)33)14-22(13-20)29(34,35)36/h4-7,9,11-15,18,25-26,38H,8,10,16H2,1-3H3/t18-,25?,26?/m0/s1. The number of rotatable bonds is 6. The molecule has 4 rings (SSSR count). The van der Waals surface area contributed by atoms with Crippen LogP contribution in [0.2, 0.25) is 0 Å². The summed E-state index contributed by atoms with van der Waals surface area (Å²) in [6, 6.07) is 6.69. The fourth-order valence-corrected chi connectivity index (χ4v) is 5.14. The fourth-order valence-electron chi connectivity index (χ4n) is 5.14. The van der Waals surface area contributed by atoms with Crippen LogP contribution >= 0.6 is 0 Å². The maximum Gasteiger partial charge on any atom is 0.416 e. The van der Waals surface area contributed by atoms with E-state index in [1.807, 2.05) is 6.07 Å². The van der Waals surface area contributed by atoms with Crippen LogP contribution in [-0.2, 0) is 18.9 Å². The third-order valence-corrected chi connectivity index (χ3v) is 7.46. The molecule has 1 aromatic heterocycles. The van der Waals surface area contributed by atoms with Gasteiger partial charge in [-0.2, -0.15) is 26.3 Å². The van der Waals surface area contributed by atoms with Crippen molar-refractivity contribution in [2.75, 3.05) is 13.6 Å². The topological polar surface area (TPSA) is 48.5 Å². The van der Waals surface area contributed by atoms with E-state index in [1.165, 1.54) is 31.0 Å². The highest BCUT2D eigenvalue weighted by molar-refractivity contribution is 5.76. The predicted octanol–water partition coefficient (Wildman–Crippen LogP) is 7.28. The molecule has 41 heavy (non-hydrogen) atoms. The second-order valence-electron chi connectivity index (χ2n) is 10.2. The molecule has 12 heteroatoms. The van der Waals surface area contributed by atoms with E-state index in [9.17, 15) is 35.5 Å². The number of urea groups is 1. The van der Waals surface area contributed by atoms with Crippen LogP contribution in [0.1, 0.15) is 58.8 Å². The number of benzene rings is 2. The van der Waals surface area contributed by atoms with E-state index < -0.39 is 47.4 Å². The molecule has 0 spiro atoms. The summed E-state index contributed by atoms with van der Waals surface area (Å²) >= 11 is 0. The number of nitrogens with zero attached hydrogens (tertiary/aromatic N) is 3. The highest BCUT2D eigenvalue weighted by Crippen LogP contribution is 2.40. The first-order valence-corrected chi connectivity index (χ1v) is 12.9. The summed E-state index contributed by atoms with van der Waals surface area (Å²) in [6.07, 6.45) is -6.17. The first-order valence-electron chi connectivity index (χ1n) is 12.9. The van der Waals surface area contributed by atoms with Gasteiger partial charge in [0.25, 0.3) is 0 Å². The number of likely N-dealkylation sites (tertiary alicyclic amines) is 1. The summed E-state index contributed by atoms with van der Waals surface area (Å²) in [4.78, 5) is 20.5. The Morgan fingerprint density at radius 1 is 1.07 bits per heavy atom. The molecule has 3 atom stereocenters. The number of halogens is 7. The Morgan fingerprint density at radius 2 is 1.73 bits per heavy atom. The summed E-state index contributed by atoms with van der Waals surface area (Å²) < 4.78 is 94.7. The SMILES string of the molecule is Cc1cc(F)ccc1C1C(NCc2cccnc2)CCN1C(=O)N(C)[C@@H](C)c1cc(C(F)(F)F)cc(C(F)(F)F)c1. The van der Waals surface area contributed by atoms with Gasteiger partial charge in [0.1, 0.15) is 5.82 Å². The van der Waals surface area contributed by atoms with Gasteiger partial charge in [-0.3, -0.25) is 4.98 Å². The number of aryl methyl sites for hydroxylation is 1. The lowest BCUT2D eigenvalue weighted by Gasteiger charge is -2.35. The van der Waals surface area contributed by atoms with E-state index in [-0.39, 0.29) is 24.2 Å². The molecule has 220 valence electrons. The van der Waals surface area contributed by atoms with Crippen molar-refractivity contribution in [3.8, 4) is 0 Å². The minimum Gasteiger partial charge on any atom is -0.321 e. The number of carbonyl (C=O) groups is 1. The molecule has 1 aliphatic heterocycles. The second-order valence-corrected chi connectivity index (χ2v) is 10.2. The quantitative estimate of drug-likeness (QED) is 0.311. The van der Waals surface area contributed by atoms with Gasteiger partial charge < -0.3 is 15.1 Å². The molecule has 1 N–H and O–H groups in total. The third kappa shape index (κ3) is 6.80. The first kappa shape index (κ1) is 30.3. The maximum atomic E-state index is 13.9. The van der Waals surface area contributed by atoms with Crippen molar-refractivity contribution in [2.24, 2.45) is 0 Å². The molecule has 2 unspecified atom stereocenters. The van der Waals surface area contributed by atoms with Gasteiger partial charge >= 0.3 is 18.4 Å². The van der Waals surface area contributed by atoms with Crippen LogP contribution in [0, 0.1) is 12.7 Å². The zero-order valence-electron chi connectivity index (χ0n) is 22.5. The average molecular weight is 583 g/mol. The number of hydrogen-bond donors (Lipinski definition) is 1. The Labute approximate surface area is 233 Å². The normalized spacial score (nSPS) is 18.4. The Morgan fingerprint density at radius 3 is 2.29 bits per heavy atom. The third-order valence-electron chi connectivity index (χ3n) is 7.46. The molecule has 3 aromatic rings. The lowest BCUT2D eigenvalue weighted by Crippen LogP contribution is -2.45. The fraction of sp³-hybridized carbons (Fsp3) is 0.379. The van der Waals surface area contributed by atoms with Crippen molar-refractivity contribution < 1.29 is 35.5 Å². The van der Waals surface area contributed by atoms with Crippen LogP contribution in [0.3, 0.4) is 0 Å². The zero-order valence-corrected chi connectivity index (χ0v) is 22.5. The number of amides is 2. The minimum atomic E-state index is -5.01. The summed E-state index contributed by atoms with van der Waals surface area (Å²) in [5.41, 5.74) is -1.01. The van der Waals surface area contributed by atoms with Crippen molar-refractivity contribution in [3.05, 3.63) is 100 Å². The summed E-state index contributed by atoms with van der Waals surface area (Å²) in [5.74, 6) is -0.447. The average Bonchev–Trinajstić information content (AvgIpc) is 3.33. The lowest BCUT2D eigenvalue weighted by atomic mass is 9.95. The number of carbonyl (C=O) groups excluding carboxylic acids is 1. The van der Waals surface area contributed by atoms with Crippen molar-refractivity contribution in [1.29, 1.82) is 0 Å². The molecular weight excluding hydrogens is 553 g/mol. The molecule has 1 saturated heterocycles. The molecule has 2 heterocycles. The lowest BCUT2D eigenvalue weighted by molar-refractivity contribution is -0.143. The Balaban J connectivity index is 1.65. The molecule has 5 nitrogen and oxygen atoms in total. The van der Waals surface area contributed by atoms with Crippen molar-refractivity contribution >= 4 is 6.03 Å². The molecule has 1 fully saturated rings. The summed E-state index contributed by atoms with van der Waals surface area (Å²) in [5, 5.41) is 3.42. The molecule has 0 saturated carbocycles. The van der Waals surface area contributed by atoms with Crippen LogP contribution in [0.25, 0.3) is 0 Å². The first-order chi connectivity index (χ1) is 19.2. The van der Waals surface area contributed by atoms with Crippen LogP contribution < -0.4 is 5.32 Å². The number of aromatic nitrogens is 1. The van der Waals surface area contributed by atoms with E-state index in [0.29, 0.717) is 36.2 Å². The number of alkyl halides is 6. The largest absolute Gasteiger partial charge is 0.416 e. The van der Waals surface area contributed by atoms with Gasteiger partial charge in [0.2, 0.25) is 0 Å². The van der Waals surface area contributed by atoms with E-state index in [0.717, 1.165) is 10.5 Å². The molecule has 0 radical (unpaired) electrons. The zero-order chi connectivity index (χ0) is 30.1. The van der Waals surface area contributed by atoms with Gasteiger partial charge in [-0.05, 0) is 78.9 Å². The second kappa shape index (κ2) is 11.7. The molecule has 2 amide bonds. The van der Waals surface area contributed by atoms with Crippen LogP contribution in [0.4, 0.5) is 35.5 Å². The van der Waals surface area contributed by atoms with Gasteiger partial charge in [-0.15, -0.1) is 0 Å². The number of hydrogen-bond acceptors (Lipinski definition) is 3. The van der Waals surface area contributed by atoms with E-state index >= 15 is 0 Å². The summed E-state index contributed by atoms with van der Waals surface area (Å²) in [6.45, 7) is 3.79. The molecule has 1 aliphatic rings. The van der Waals surface area contributed by atoms with Crippen molar-refractivity contribution in [1.82, 2.24) is 20.1 Å². The van der Waals surface area contributed by atoms with Gasteiger partial charge in [0.15, 0.2) is 0 Å². The minimum absolute atomic E-state index is 0.0599. The van der Waals surface area contributed by atoms with Crippen LogP contribution in [-0.4, -0.2) is 40.4 Å². The molecular formula is C29H29F7N4O. The highest BCUT2D eigenvalue weighted by atomic mass is 19.4. The van der Waals surface area contributed by atoms with Crippen LogP contribution in [0.5, 0.6) is 0 Å². The van der Waals surface area contributed by atoms with Gasteiger partial charge in [0, 0.05) is 38.6 Å². The van der Waals surface area contributed by atoms with E-state index in [4.69, 9.17) is 0 Å². The highest BCUT2D eigenvalue weighted by Gasteiger charge is 2.42. The van der Waals surface area contributed by atoms with Gasteiger partial charge in [-0.1, -0.05) is 12.1 Å². The Hall–Kier alpha value is -3.67. The van der Waals surface area contributed by atoms with E-state index in [1.54, 1.807) is 31.5 Å². The van der Waals surface area contributed by atoms with Crippen molar-refractivity contribution in [3.63, 3.8) is 0 Å². The summed E-state index contributed by atoms with van der Waals surface area (Å²) in [7, 11) is 1.34. The smallest absolute Gasteiger partial charge is 0.321 e. The predicted molar refractivity (Wildman–Crippen MR) is 138 cm³/mol. The van der Waals surface area contributed by atoms with Gasteiger partial charge in [-0.25, -0.2) is 9.18 Å². The molecule has 0 aliphatic carbocycles. The Kier molecular flexibility index (Phi) is 8.62. The Bertz CT molecular complexity index is 1350. The monoisotopic (exact) mass is 582 g/mol. The molecule has 2 aromatic carbocycles. The van der Waals surface area contributed by atoms with E-state index in [2.05, 4.69) is 10.3 Å². The van der Waals surface area contributed by atoms with Crippen LogP contribution in [0.15, 0.2) is 60.9 Å². The van der Waals surface area contributed by atoms with Crippen molar-refractivity contribution in [2.45, 2.75) is 57.3 Å². The number of nitrogens with one attached hydrogen (secondary N) is 1. The maximum absolute atomic E-state index is 13.9. The molecule has 0 bridgehead atoms. The van der Waals surface area contributed by atoms with Gasteiger partial charge in [0.05, 0.1) is 23.2 Å².